The Hall–Kier alpha value is -2.46. The largest absolute Gasteiger partial charge is 0.493 e. The van der Waals surface area contributed by atoms with Crippen molar-refractivity contribution >= 4 is 49.2 Å². The molecule has 142 valence electrons. The SMILES string of the molecule is COc1cc(Br)cc(Br)c1OCC(=O)N/N=C(/C)c1cccc([N+](=O)[O-])c1. The van der Waals surface area contributed by atoms with Crippen molar-refractivity contribution in [2.45, 2.75) is 6.92 Å². The van der Waals surface area contributed by atoms with E-state index in [-0.39, 0.29) is 12.3 Å². The Morgan fingerprint density at radius 3 is 2.70 bits per heavy atom. The Morgan fingerprint density at radius 1 is 1.30 bits per heavy atom. The van der Waals surface area contributed by atoms with Gasteiger partial charge in [-0.25, -0.2) is 5.43 Å². The van der Waals surface area contributed by atoms with E-state index in [1.54, 1.807) is 31.2 Å². The van der Waals surface area contributed by atoms with E-state index in [1.807, 2.05) is 0 Å². The molecule has 10 heteroatoms. The van der Waals surface area contributed by atoms with E-state index in [0.717, 1.165) is 4.47 Å². The summed E-state index contributed by atoms with van der Waals surface area (Å²) in [5.41, 5.74) is 3.26. The van der Waals surface area contributed by atoms with Crippen molar-refractivity contribution in [1.82, 2.24) is 5.43 Å². The van der Waals surface area contributed by atoms with Crippen molar-refractivity contribution in [3.05, 3.63) is 61.0 Å². The van der Waals surface area contributed by atoms with Gasteiger partial charge >= 0.3 is 0 Å². The molecule has 0 aromatic heterocycles. The number of hydrogen-bond donors (Lipinski definition) is 1. The van der Waals surface area contributed by atoms with Gasteiger partial charge < -0.3 is 9.47 Å². The zero-order valence-electron chi connectivity index (χ0n) is 14.4. The molecule has 1 N–H and O–H groups in total. The first-order valence-electron chi connectivity index (χ1n) is 7.55. The number of halogens is 2. The molecule has 8 nitrogen and oxygen atoms in total. The minimum atomic E-state index is -0.493. The third-order valence-corrected chi connectivity index (χ3v) is 4.41. The van der Waals surface area contributed by atoms with Crippen LogP contribution in [0.3, 0.4) is 0 Å². The lowest BCUT2D eigenvalue weighted by atomic mass is 10.1. The maximum Gasteiger partial charge on any atom is 0.277 e. The van der Waals surface area contributed by atoms with Gasteiger partial charge in [0, 0.05) is 22.2 Å². The number of nitrogens with one attached hydrogen (secondary N) is 1. The maximum atomic E-state index is 12.0. The average molecular weight is 501 g/mol. The second-order valence-corrected chi connectivity index (χ2v) is 7.02. The fraction of sp³-hybridized carbons (Fsp3) is 0.176. The first-order valence-corrected chi connectivity index (χ1v) is 9.14. The van der Waals surface area contributed by atoms with Crippen molar-refractivity contribution in [2.24, 2.45) is 5.10 Å². The molecule has 0 atom stereocenters. The average Bonchev–Trinajstić information content (AvgIpc) is 2.64. The fourth-order valence-corrected chi connectivity index (χ4v) is 3.35. The van der Waals surface area contributed by atoms with Gasteiger partial charge in [0.05, 0.1) is 22.2 Å². The number of nitro groups is 1. The molecule has 0 aliphatic heterocycles. The fourth-order valence-electron chi connectivity index (χ4n) is 2.05. The van der Waals surface area contributed by atoms with Crippen LogP contribution in [-0.4, -0.2) is 30.3 Å². The lowest BCUT2D eigenvalue weighted by molar-refractivity contribution is -0.384. The summed E-state index contributed by atoms with van der Waals surface area (Å²) in [6.07, 6.45) is 0. The van der Waals surface area contributed by atoms with Gasteiger partial charge in [0.15, 0.2) is 18.1 Å². The van der Waals surface area contributed by atoms with Gasteiger partial charge in [-0.3, -0.25) is 14.9 Å². The van der Waals surface area contributed by atoms with Crippen LogP contribution in [0.2, 0.25) is 0 Å². The van der Waals surface area contributed by atoms with E-state index in [9.17, 15) is 14.9 Å². The minimum absolute atomic E-state index is 0.0520. The highest BCUT2D eigenvalue weighted by atomic mass is 79.9. The highest BCUT2D eigenvalue weighted by molar-refractivity contribution is 9.11. The van der Waals surface area contributed by atoms with Crippen molar-refractivity contribution in [2.75, 3.05) is 13.7 Å². The van der Waals surface area contributed by atoms with Crippen LogP contribution in [0.25, 0.3) is 0 Å². The first kappa shape index (κ1) is 20.8. The number of ether oxygens (including phenoxy) is 2. The Morgan fingerprint density at radius 2 is 2.04 bits per heavy atom. The zero-order valence-corrected chi connectivity index (χ0v) is 17.5. The van der Waals surface area contributed by atoms with E-state index < -0.39 is 10.8 Å². The summed E-state index contributed by atoms with van der Waals surface area (Å²) in [4.78, 5) is 22.3. The normalized spacial score (nSPS) is 11.0. The molecule has 0 radical (unpaired) electrons. The molecule has 27 heavy (non-hydrogen) atoms. The van der Waals surface area contributed by atoms with Crippen molar-refractivity contribution < 1.29 is 19.2 Å². The molecule has 2 rings (SSSR count). The van der Waals surface area contributed by atoms with Crippen LogP contribution in [0.15, 0.2) is 50.4 Å². The molecule has 0 fully saturated rings. The first-order chi connectivity index (χ1) is 12.8. The quantitative estimate of drug-likeness (QED) is 0.351. The van der Waals surface area contributed by atoms with Gasteiger partial charge in [0.25, 0.3) is 11.6 Å². The van der Waals surface area contributed by atoms with Gasteiger partial charge in [-0.2, -0.15) is 5.10 Å². The van der Waals surface area contributed by atoms with Crippen molar-refractivity contribution in [3.8, 4) is 11.5 Å². The van der Waals surface area contributed by atoms with Crippen LogP contribution in [0.1, 0.15) is 12.5 Å². The van der Waals surface area contributed by atoms with Gasteiger partial charge in [-0.05, 0) is 35.0 Å². The molecule has 1 amide bonds. The minimum Gasteiger partial charge on any atom is -0.493 e. The van der Waals surface area contributed by atoms with Crippen molar-refractivity contribution in [3.63, 3.8) is 0 Å². The molecule has 0 bridgehead atoms. The monoisotopic (exact) mass is 499 g/mol. The Bertz CT molecular complexity index is 902. The van der Waals surface area contributed by atoms with E-state index >= 15 is 0 Å². The molecular weight excluding hydrogens is 486 g/mol. The number of carbonyl (C=O) groups is 1. The van der Waals surface area contributed by atoms with Crippen LogP contribution in [0.5, 0.6) is 11.5 Å². The molecule has 2 aromatic rings. The number of carbonyl (C=O) groups excluding carboxylic acids is 1. The highest BCUT2D eigenvalue weighted by Gasteiger charge is 2.13. The van der Waals surface area contributed by atoms with Crippen LogP contribution < -0.4 is 14.9 Å². The van der Waals surface area contributed by atoms with Crippen LogP contribution in [-0.2, 0) is 4.79 Å². The van der Waals surface area contributed by atoms with Gasteiger partial charge in [-0.15, -0.1) is 0 Å². The third kappa shape index (κ3) is 5.76. The summed E-state index contributed by atoms with van der Waals surface area (Å²) in [5.74, 6) is 0.354. The number of amides is 1. The lowest BCUT2D eigenvalue weighted by Crippen LogP contribution is -2.25. The van der Waals surface area contributed by atoms with Crippen LogP contribution in [0, 0.1) is 10.1 Å². The molecule has 0 spiro atoms. The number of methoxy groups -OCH3 is 1. The van der Waals surface area contributed by atoms with Gasteiger partial charge in [0.2, 0.25) is 0 Å². The van der Waals surface area contributed by atoms with Crippen molar-refractivity contribution in [1.29, 1.82) is 0 Å². The predicted octanol–water partition coefficient (Wildman–Crippen LogP) is 4.05. The second kappa shape index (κ2) is 9.47. The van der Waals surface area contributed by atoms with E-state index in [2.05, 4.69) is 42.4 Å². The maximum absolute atomic E-state index is 12.0. The number of benzene rings is 2. The number of rotatable bonds is 7. The Balaban J connectivity index is 2.01. The molecule has 0 aliphatic carbocycles. The smallest absolute Gasteiger partial charge is 0.277 e. The number of non-ortho nitro benzene ring substituents is 1. The van der Waals surface area contributed by atoms with Gasteiger partial charge in [-0.1, -0.05) is 28.1 Å². The Labute approximate surface area is 172 Å². The number of nitro benzene ring substituents is 1. The highest BCUT2D eigenvalue weighted by Crippen LogP contribution is 2.38. The second-order valence-electron chi connectivity index (χ2n) is 5.25. The predicted molar refractivity (Wildman–Crippen MR) is 107 cm³/mol. The number of hydrazone groups is 1. The van der Waals surface area contributed by atoms with Crippen LogP contribution >= 0.6 is 31.9 Å². The summed E-state index contributed by atoms with van der Waals surface area (Å²) in [6.45, 7) is 1.34. The molecule has 0 aliphatic rings. The summed E-state index contributed by atoms with van der Waals surface area (Å²) in [6, 6.07) is 9.45. The summed E-state index contributed by atoms with van der Waals surface area (Å²) in [7, 11) is 1.49. The molecule has 0 saturated heterocycles. The van der Waals surface area contributed by atoms with E-state index in [0.29, 0.717) is 27.2 Å². The topological polar surface area (TPSA) is 103 Å². The molecule has 0 saturated carbocycles. The number of nitrogens with zero attached hydrogens (tertiary/aromatic N) is 2. The summed E-state index contributed by atoms with van der Waals surface area (Å²) >= 11 is 6.69. The van der Waals surface area contributed by atoms with E-state index in [4.69, 9.17) is 9.47 Å². The van der Waals surface area contributed by atoms with Gasteiger partial charge in [0.1, 0.15) is 0 Å². The molecule has 0 heterocycles. The molecule has 2 aromatic carbocycles. The lowest BCUT2D eigenvalue weighted by Gasteiger charge is -2.12. The molecular formula is C17H15Br2N3O5. The zero-order chi connectivity index (χ0) is 20.0. The van der Waals surface area contributed by atoms with Crippen LogP contribution in [0.4, 0.5) is 5.69 Å². The molecule has 0 unspecified atom stereocenters. The standard InChI is InChI=1S/C17H15Br2N3O5/c1-10(11-4-3-5-13(6-11)22(24)25)20-21-16(23)9-27-17-14(19)7-12(18)8-15(17)26-2/h3-8H,9H2,1-2H3,(H,21,23)/b20-10-. The summed E-state index contributed by atoms with van der Waals surface area (Å²) in [5, 5.41) is 14.8. The third-order valence-electron chi connectivity index (χ3n) is 3.36. The Kier molecular flexibility index (Phi) is 7.31. The summed E-state index contributed by atoms with van der Waals surface area (Å²) < 4.78 is 12.1. The van der Waals surface area contributed by atoms with E-state index in [1.165, 1.54) is 19.2 Å². The number of hydrogen-bond acceptors (Lipinski definition) is 6.